The zero-order chi connectivity index (χ0) is 15.9. The minimum atomic E-state index is -3.87. The van der Waals surface area contributed by atoms with E-state index in [0.717, 1.165) is 4.31 Å². The molecule has 0 saturated carbocycles. The molecule has 1 fully saturated rings. The first-order valence-corrected chi connectivity index (χ1v) is 7.98. The monoisotopic (exact) mass is 326 g/mol. The van der Waals surface area contributed by atoms with Crippen LogP contribution in [-0.2, 0) is 26.6 Å². The standard InChI is InChI=1S/C12H14N4O5S/c1-15-8-3-2-4-10(11(8)13-14-15)22(19,20)16-5-6-21-9(7-16)12(17)18/h2-4,9H,5-7H2,1H3,(H,17,18)/t9-/m1/s1. The van der Waals surface area contributed by atoms with Gasteiger partial charge in [-0.3, -0.25) is 0 Å². The first-order valence-electron chi connectivity index (χ1n) is 6.54. The molecule has 3 rings (SSSR count). The van der Waals surface area contributed by atoms with Gasteiger partial charge in [0.1, 0.15) is 10.4 Å². The lowest BCUT2D eigenvalue weighted by atomic mass is 10.3. The average Bonchev–Trinajstić information content (AvgIpc) is 2.89. The highest BCUT2D eigenvalue weighted by Crippen LogP contribution is 2.25. The highest BCUT2D eigenvalue weighted by Gasteiger charge is 2.35. The molecule has 0 radical (unpaired) electrons. The predicted octanol–water partition coefficient (Wildman–Crippen LogP) is -0.558. The number of aromatic nitrogens is 3. The molecule has 0 aliphatic carbocycles. The van der Waals surface area contributed by atoms with Crippen LogP contribution >= 0.6 is 0 Å². The highest BCUT2D eigenvalue weighted by molar-refractivity contribution is 7.89. The molecular formula is C12H14N4O5S. The number of nitrogens with zero attached hydrogens (tertiary/aromatic N) is 4. The van der Waals surface area contributed by atoms with Crippen LogP contribution < -0.4 is 0 Å². The molecule has 2 heterocycles. The van der Waals surface area contributed by atoms with Gasteiger partial charge in [0, 0.05) is 13.6 Å². The Hall–Kier alpha value is -2.04. The summed E-state index contributed by atoms with van der Waals surface area (Å²) < 4.78 is 33.2. The Morgan fingerprint density at radius 1 is 1.45 bits per heavy atom. The van der Waals surface area contributed by atoms with Crippen LogP contribution in [0, 0.1) is 0 Å². The van der Waals surface area contributed by atoms with Crippen LogP contribution in [0.25, 0.3) is 11.0 Å². The third kappa shape index (κ3) is 2.34. The van der Waals surface area contributed by atoms with Crippen molar-refractivity contribution in [2.75, 3.05) is 19.7 Å². The Kier molecular flexibility index (Phi) is 3.59. The number of fused-ring (bicyclic) bond motifs is 1. The number of hydrogen-bond donors (Lipinski definition) is 1. The molecule has 1 aromatic carbocycles. The number of morpholine rings is 1. The maximum atomic E-state index is 12.8. The lowest BCUT2D eigenvalue weighted by Crippen LogP contribution is -2.48. The van der Waals surface area contributed by atoms with Crippen molar-refractivity contribution >= 4 is 27.0 Å². The molecule has 0 spiro atoms. The number of carboxylic acids is 1. The molecule has 0 bridgehead atoms. The molecule has 2 aromatic rings. The van der Waals surface area contributed by atoms with Crippen molar-refractivity contribution in [3.8, 4) is 0 Å². The lowest BCUT2D eigenvalue weighted by molar-refractivity contribution is -0.153. The first kappa shape index (κ1) is 14.9. The molecule has 0 unspecified atom stereocenters. The lowest BCUT2D eigenvalue weighted by Gasteiger charge is -2.30. The normalized spacial score (nSPS) is 20.3. The minimum absolute atomic E-state index is 0.0177. The van der Waals surface area contributed by atoms with E-state index in [2.05, 4.69) is 10.3 Å². The molecule has 1 atom stereocenters. The fourth-order valence-corrected chi connectivity index (χ4v) is 3.94. The summed E-state index contributed by atoms with van der Waals surface area (Å²) in [5.74, 6) is -1.18. The molecule has 0 amide bonds. The Bertz CT molecular complexity index is 831. The van der Waals surface area contributed by atoms with Crippen LogP contribution in [-0.4, -0.2) is 64.6 Å². The number of carboxylic acid groups (broad SMARTS) is 1. The van der Waals surface area contributed by atoms with Gasteiger partial charge in [0.05, 0.1) is 18.7 Å². The van der Waals surface area contributed by atoms with Crippen molar-refractivity contribution in [1.29, 1.82) is 0 Å². The van der Waals surface area contributed by atoms with Crippen LogP contribution in [0.1, 0.15) is 0 Å². The molecule has 9 nitrogen and oxygen atoms in total. The number of rotatable bonds is 3. The SMILES string of the molecule is Cn1nnc2c(S(=O)(=O)N3CCO[C@@H](C(=O)O)C3)cccc21. The number of aryl methyl sites for hydroxylation is 1. The average molecular weight is 326 g/mol. The van der Waals surface area contributed by atoms with Crippen molar-refractivity contribution in [2.24, 2.45) is 7.05 Å². The van der Waals surface area contributed by atoms with E-state index in [4.69, 9.17) is 9.84 Å². The largest absolute Gasteiger partial charge is 0.479 e. The summed E-state index contributed by atoms with van der Waals surface area (Å²) in [5, 5.41) is 16.7. The number of aliphatic carboxylic acids is 1. The molecule has 118 valence electrons. The van der Waals surface area contributed by atoms with Gasteiger partial charge < -0.3 is 9.84 Å². The smallest absolute Gasteiger partial charge is 0.334 e. The number of sulfonamides is 1. The topological polar surface area (TPSA) is 115 Å². The van der Waals surface area contributed by atoms with Crippen LogP contribution in [0.15, 0.2) is 23.1 Å². The third-order valence-electron chi connectivity index (χ3n) is 3.53. The van der Waals surface area contributed by atoms with E-state index >= 15 is 0 Å². The third-order valence-corrected chi connectivity index (χ3v) is 5.42. The van der Waals surface area contributed by atoms with E-state index in [1.807, 2.05) is 0 Å². The number of hydrogen-bond acceptors (Lipinski definition) is 6. The van der Waals surface area contributed by atoms with E-state index in [0.29, 0.717) is 5.52 Å². The van der Waals surface area contributed by atoms with E-state index in [1.54, 1.807) is 19.2 Å². The Balaban J connectivity index is 2.03. The second-order valence-corrected chi connectivity index (χ2v) is 6.80. The summed E-state index contributed by atoms with van der Waals surface area (Å²) in [6.07, 6.45) is -1.16. The quantitative estimate of drug-likeness (QED) is 0.804. The number of benzene rings is 1. The molecule has 1 N–H and O–H groups in total. The zero-order valence-electron chi connectivity index (χ0n) is 11.7. The van der Waals surface area contributed by atoms with Crippen LogP contribution in [0.2, 0.25) is 0 Å². The summed E-state index contributed by atoms with van der Waals surface area (Å²) in [6, 6.07) is 4.76. The Morgan fingerprint density at radius 2 is 2.23 bits per heavy atom. The molecule has 1 aromatic heterocycles. The molecule has 10 heteroatoms. The Labute approximate surface area is 126 Å². The van der Waals surface area contributed by atoms with Crippen molar-refractivity contribution < 1.29 is 23.1 Å². The van der Waals surface area contributed by atoms with Crippen molar-refractivity contribution in [1.82, 2.24) is 19.3 Å². The predicted molar refractivity (Wildman–Crippen MR) is 74.6 cm³/mol. The second kappa shape index (κ2) is 5.30. The maximum Gasteiger partial charge on any atom is 0.334 e. The molecule has 1 aliphatic heterocycles. The Morgan fingerprint density at radius 3 is 2.95 bits per heavy atom. The fraction of sp³-hybridized carbons (Fsp3) is 0.417. The van der Waals surface area contributed by atoms with Crippen molar-refractivity contribution in [3.63, 3.8) is 0 Å². The van der Waals surface area contributed by atoms with Crippen molar-refractivity contribution in [2.45, 2.75) is 11.0 Å². The molecule has 1 aliphatic rings. The summed E-state index contributed by atoms with van der Waals surface area (Å²) in [4.78, 5) is 11.0. The van der Waals surface area contributed by atoms with Gasteiger partial charge in [-0.15, -0.1) is 5.10 Å². The molecular weight excluding hydrogens is 312 g/mol. The van der Waals surface area contributed by atoms with E-state index in [9.17, 15) is 13.2 Å². The molecule has 1 saturated heterocycles. The van der Waals surface area contributed by atoms with Crippen molar-refractivity contribution in [3.05, 3.63) is 18.2 Å². The summed E-state index contributed by atoms with van der Waals surface area (Å²) in [5.41, 5.74) is 0.854. The van der Waals surface area contributed by atoms with E-state index < -0.39 is 22.1 Å². The summed E-state index contributed by atoms with van der Waals surface area (Å²) >= 11 is 0. The van der Waals surface area contributed by atoms with Crippen LogP contribution in [0.3, 0.4) is 0 Å². The molecule has 22 heavy (non-hydrogen) atoms. The first-order chi connectivity index (χ1) is 10.4. The van der Waals surface area contributed by atoms with Crippen LogP contribution in [0.5, 0.6) is 0 Å². The number of ether oxygens (including phenoxy) is 1. The van der Waals surface area contributed by atoms with E-state index in [-0.39, 0.29) is 30.1 Å². The van der Waals surface area contributed by atoms with Gasteiger partial charge in [-0.25, -0.2) is 17.9 Å². The second-order valence-electron chi connectivity index (χ2n) is 4.90. The van der Waals surface area contributed by atoms with E-state index in [1.165, 1.54) is 10.7 Å². The van der Waals surface area contributed by atoms with Gasteiger partial charge in [0.25, 0.3) is 0 Å². The van der Waals surface area contributed by atoms with Crippen LogP contribution in [0.4, 0.5) is 0 Å². The van der Waals surface area contributed by atoms with Gasteiger partial charge in [0.2, 0.25) is 10.0 Å². The van der Waals surface area contributed by atoms with Gasteiger partial charge >= 0.3 is 5.97 Å². The fourth-order valence-electron chi connectivity index (χ4n) is 2.37. The number of carbonyl (C=O) groups is 1. The summed E-state index contributed by atoms with van der Waals surface area (Å²) in [6.45, 7) is -0.0935. The minimum Gasteiger partial charge on any atom is -0.479 e. The zero-order valence-corrected chi connectivity index (χ0v) is 12.5. The van der Waals surface area contributed by atoms with Gasteiger partial charge in [-0.1, -0.05) is 11.3 Å². The summed E-state index contributed by atoms with van der Waals surface area (Å²) in [7, 11) is -2.20. The van der Waals surface area contributed by atoms with Gasteiger partial charge in [-0.2, -0.15) is 4.31 Å². The maximum absolute atomic E-state index is 12.8. The van der Waals surface area contributed by atoms with Gasteiger partial charge in [-0.05, 0) is 12.1 Å². The van der Waals surface area contributed by atoms with Gasteiger partial charge in [0.15, 0.2) is 6.10 Å². The highest BCUT2D eigenvalue weighted by atomic mass is 32.2.